The van der Waals surface area contributed by atoms with Crippen LogP contribution >= 0.6 is 0 Å². The van der Waals surface area contributed by atoms with E-state index in [9.17, 15) is 5.11 Å². The van der Waals surface area contributed by atoms with E-state index < -0.39 is 0 Å². The minimum Gasteiger partial charge on any atom is -0.394 e. The largest absolute Gasteiger partial charge is 0.394 e. The van der Waals surface area contributed by atoms with Crippen molar-refractivity contribution in [2.45, 2.75) is 6.04 Å². The van der Waals surface area contributed by atoms with E-state index in [4.69, 9.17) is 5.26 Å². The molecule has 0 amide bonds. The predicted octanol–water partition coefficient (Wildman–Crippen LogP) is 2.10. The fourth-order valence-corrected chi connectivity index (χ4v) is 1.64. The molecule has 0 unspecified atom stereocenters. The number of anilines is 1. The molecule has 4 nitrogen and oxygen atoms in total. The van der Waals surface area contributed by atoms with Gasteiger partial charge in [0.2, 0.25) is 0 Å². The molecule has 4 heteroatoms. The topological polar surface area (TPSA) is 68.9 Å². The zero-order valence-corrected chi connectivity index (χ0v) is 9.74. The van der Waals surface area contributed by atoms with E-state index in [-0.39, 0.29) is 12.6 Å². The number of aromatic nitrogens is 1. The second-order valence-electron chi connectivity index (χ2n) is 3.83. The SMILES string of the molecule is N#Cc1ccc(N[C@@H](CO)c2ccccc2)nc1. The van der Waals surface area contributed by atoms with Crippen molar-refractivity contribution in [2.24, 2.45) is 0 Å². The monoisotopic (exact) mass is 239 g/mol. The lowest BCUT2D eigenvalue weighted by molar-refractivity contribution is 0.276. The Hall–Kier alpha value is -2.38. The van der Waals surface area contributed by atoms with Crippen molar-refractivity contribution in [3.8, 4) is 6.07 Å². The smallest absolute Gasteiger partial charge is 0.126 e. The molecular formula is C14H13N3O. The van der Waals surface area contributed by atoms with Crippen molar-refractivity contribution in [3.63, 3.8) is 0 Å². The summed E-state index contributed by atoms with van der Waals surface area (Å²) in [6.45, 7) is -0.0221. The number of aliphatic hydroxyl groups is 1. The van der Waals surface area contributed by atoms with Crippen LogP contribution in [0, 0.1) is 11.3 Å². The lowest BCUT2D eigenvalue weighted by Gasteiger charge is -2.17. The van der Waals surface area contributed by atoms with E-state index in [1.165, 1.54) is 6.20 Å². The van der Waals surface area contributed by atoms with Crippen LogP contribution in [-0.2, 0) is 0 Å². The molecule has 2 N–H and O–H groups in total. The van der Waals surface area contributed by atoms with Crippen LogP contribution in [0.4, 0.5) is 5.82 Å². The molecule has 0 aliphatic rings. The highest BCUT2D eigenvalue weighted by Crippen LogP contribution is 2.17. The first kappa shape index (κ1) is 12.1. The second-order valence-corrected chi connectivity index (χ2v) is 3.83. The Bertz CT molecular complexity index is 531. The minimum absolute atomic E-state index is 0.0221. The Labute approximate surface area is 106 Å². The van der Waals surface area contributed by atoms with Gasteiger partial charge >= 0.3 is 0 Å². The first-order valence-electron chi connectivity index (χ1n) is 5.62. The maximum Gasteiger partial charge on any atom is 0.126 e. The Kier molecular flexibility index (Phi) is 3.90. The fourth-order valence-electron chi connectivity index (χ4n) is 1.64. The third-order valence-electron chi connectivity index (χ3n) is 2.60. The summed E-state index contributed by atoms with van der Waals surface area (Å²) in [7, 11) is 0. The number of pyridine rings is 1. The van der Waals surface area contributed by atoms with E-state index in [1.54, 1.807) is 12.1 Å². The Morgan fingerprint density at radius 1 is 1.22 bits per heavy atom. The summed E-state index contributed by atoms with van der Waals surface area (Å²) in [4.78, 5) is 4.12. The summed E-state index contributed by atoms with van der Waals surface area (Å²) < 4.78 is 0. The van der Waals surface area contributed by atoms with Gasteiger partial charge in [0, 0.05) is 6.20 Å². The summed E-state index contributed by atoms with van der Waals surface area (Å²) in [5, 5.41) is 21.2. The van der Waals surface area contributed by atoms with Crippen molar-refractivity contribution in [3.05, 3.63) is 59.8 Å². The molecule has 1 atom stereocenters. The van der Waals surface area contributed by atoms with E-state index in [1.807, 2.05) is 36.4 Å². The van der Waals surface area contributed by atoms with Crippen molar-refractivity contribution in [2.75, 3.05) is 11.9 Å². The van der Waals surface area contributed by atoms with Crippen LogP contribution in [0.5, 0.6) is 0 Å². The summed E-state index contributed by atoms with van der Waals surface area (Å²) in [5.74, 6) is 0.636. The van der Waals surface area contributed by atoms with E-state index in [0.717, 1.165) is 5.56 Å². The summed E-state index contributed by atoms with van der Waals surface area (Å²) in [6, 6.07) is 14.9. The highest BCUT2D eigenvalue weighted by molar-refractivity contribution is 5.41. The minimum atomic E-state index is -0.202. The highest BCUT2D eigenvalue weighted by Gasteiger charge is 2.09. The van der Waals surface area contributed by atoms with Crippen LogP contribution in [-0.4, -0.2) is 16.7 Å². The van der Waals surface area contributed by atoms with Gasteiger partial charge in [-0.2, -0.15) is 5.26 Å². The van der Waals surface area contributed by atoms with Gasteiger partial charge in [-0.25, -0.2) is 4.98 Å². The molecule has 0 aliphatic heterocycles. The maximum atomic E-state index is 9.40. The standard InChI is InChI=1S/C14H13N3O/c15-8-11-6-7-14(16-9-11)17-13(10-18)12-4-2-1-3-5-12/h1-7,9,13,18H,10H2,(H,16,17)/t13-/m0/s1. The molecule has 90 valence electrons. The Morgan fingerprint density at radius 2 is 2.00 bits per heavy atom. The van der Waals surface area contributed by atoms with Crippen LogP contribution in [0.3, 0.4) is 0 Å². The van der Waals surface area contributed by atoms with Gasteiger partial charge in [-0.1, -0.05) is 30.3 Å². The van der Waals surface area contributed by atoms with Crippen LogP contribution in [0.15, 0.2) is 48.7 Å². The van der Waals surface area contributed by atoms with Crippen LogP contribution in [0.1, 0.15) is 17.2 Å². The van der Waals surface area contributed by atoms with Gasteiger partial charge in [-0.15, -0.1) is 0 Å². The lowest BCUT2D eigenvalue weighted by Crippen LogP contribution is -2.15. The maximum absolute atomic E-state index is 9.40. The first-order chi connectivity index (χ1) is 8.83. The molecule has 1 aromatic carbocycles. The molecule has 18 heavy (non-hydrogen) atoms. The summed E-state index contributed by atoms with van der Waals surface area (Å²) in [5.41, 5.74) is 1.51. The molecule has 0 radical (unpaired) electrons. The number of hydrogen-bond acceptors (Lipinski definition) is 4. The zero-order chi connectivity index (χ0) is 12.8. The van der Waals surface area contributed by atoms with Crippen molar-refractivity contribution < 1.29 is 5.11 Å². The van der Waals surface area contributed by atoms with E-state index in [2.05, 4.69) is 10.3 Å². The molecule has 2 aromatic rings. The molecule has 2 rings (SSSR count). The number of nitrogens with one attached hydrogen (secondary N) is 1. The number of benzene rings is 1. The second kappa shape index (κ2) is 5.80. The molecule has 0 saturated carbocycles. The third-order valence-corrected chi connectivity index (χ3v) is 2.60. The number of nitrogens with zero attached hydrogens (tertiary/aromatic N) is 2. The van der Waals surface area contributed by atoms with Gasteiger partial charge in [0.25, 0.3) is 0 Å². The average molecular weight is 239 g/mol. The fraction of sp³-hybridized carbons (Fsp3) is 0.143. The number of hydrogen-bond donors (Lipinski definition) is 2. The predicted molar refractivity (Wildman–Crippen MR) is 68.8 cm³/mol. The van der Waals surface area contributed by atoms with Gasteiger partial charge < -0.3 is 10.4 Å². The molecule has 0 fully saturated rings. The third kappa shape index (κ3) is 2.84. The van der Waals surface area contributed by atoms with Crippen LogP contribution in [0.2, 0.25) is 0 Å². The van der Waals surface area contributed by atoms with Gasteiger partial charge in [-0.3, -0.25) is 0 Å². The van der Waals surface area contributed by atoms with Gasteiger partial charge in [0.15, 0.2) is 0 Å². The molecular weight excluding hydrogens is 226 g/mol. The quantitative estimate of drug-likeness (QED) is 0.857. The number of nitriles is 1. The van der Waals surface area contributed by atoms with Gasteiger partial charge in [0.05, 0.1) is 18.2 Å². The molecule has 0 saturated heterocycles. The number of rotatable bonds is 4. The Morgan fingerprint density at radius 3 is 2.56 bits per heavy atom. The normalized spacial score (nSPS) is 11.6. The lowest BCUT2D eigenvalue weighted by atomic mass is 10.1. The Balaban J connectivity index is 2.13. The van der Waals surface area contributed by atoms with E-state index >= 15 is 0 Å². The molecule has 1 heterocycles. The van der Waals surface area contributed by atoms with Gasteiger partial charge in [0.1, 0.15) is 11.9 Å². The van der Waals surface area contributed by atoms with Crippen molar-refractivity contribution in [1.82, 2.24) is 4.98 Å². The molecule has 1 aromatic heterocycles. The average Bonchev–Trinajstić information content (AvgIpc) is 2.46. The number of aliphatic hydroxyl groups excluding tert-OH is 1. The van der Waals surface area contributed by atoms with Crippen molar-refractivity contribution in [1.29, 1.82) is 5.26 Å². The van der Waals surface area contributed by atoms with Crippen LogP contribution < -0.4 is 5.32 Å². The summed E-state index contributed by atoms with van der Waals surface area (Å²) >= 11 is 0. The molecule has 0 bridgehead atoms. The zero-order valence-electron chi connectivity index (χ0n) is 9.74. The molecule has 0 spiro atoms. The highest BCUT2D eigenvalue weighted by atomic mass is 16.3. The molecule has 0 aliphatic carbocycles. The first-order valence-corrected chi connectivity index (χ1v) is 5.62. The van der Waals surface area contributed by atoms with Crippen LogP contribution in [0.25, 0.3) is 0 Å². The van der Waals surface area contributed by atoms with Gasteiger partial charge in [-0.05, 0) is 17.7 Å². The van der Waals surface area contributed by atoms with E-state index in [0.29, 0.717) is 11.4 Å². The van der Waals surface area contributed by atoms with Crippen molar-refractivity contribution >= 4 is 5.82 Å². The summed E-state index contributed by atoms with van der Waals surface area (Å²) in [6.07, 6.45) is 1.50.